The lowest BCUT2D eigenvalue weighted by Crippen LogP contribution is -2.41. The molecule has 1 aliphatic heterocycles. The van der Waals surface area contributed by atoms with Gasteiger partial charge in [0.15, 0.2) is 18.1 Å². The van der Waals surface area contributed by atoms with Crippen LogP contribution in [0, 0.1) is 6.92 Å². The van der Waals surface area contributed by atoms with Crippen LogP contribution in [0.4, 0.5) is 13.2 Å². The maximum atomic E-state index is 13.7. The number of aryl methyl sites for hydroxylation is 1. The fourth-order valence-corrected chi connectivity index (χ4v) is 3.99. The van der Waals surface area contributed by atoms with Crippen LogP contribution in [0.1, 0.15) is 35.7 Å². The minimum Gasteiger partial charge on any atom is -0.493 e. The zero-order valence-corrected chi connectivity index (χ0v) is 17.6. The van der Waals surface area contributed by atoms with E-state index in [9.17, 15) is 18.0 Å². The number of halogens is 3. The van der Waals surface area contributed by atoms with Gasteiger partial charge < -0.3 is 18.9 Å². The average Bonchev–Trinajstić information content (AvgIpc) is 3.20. The van der Waals surface area contributed by atoms with E-state index in [2.05, 4.69) is 10.1 Å². The molecular weight excluding hydrogens is 427 g/mol. The first-order valence-electron chi connectivity index (χ1n) is 10.2. The Bertz CT molecular complexity index is 1130. The Morgan fingerprint density at radius 3 is 2.75 bits per heavy atom. The molecule has 3 heterocycles. The van der Waals surface area contributed by atoms with Crippen LogP contribution in [0.15, 0.2) is 34.9 Å². The number of hydrogen-bond acceptors (Lipinski definition) is 6. The van der Waals surface area contributed by atoms with Gasteiger partial charge in [0.25, 0.3) is 11.6 Å². The molecule has 0 bridgehead atoms. The number of alkyl halides is 3. The van der Waals surface area contributed by atoms with E-state index in [0.717, 1.165) is 6.07 Å². The highest BCUT2D eigenvalue weighted by Crippen LogP contribution is 2.40. The molecule has 0 aliphatic carbocycles. The quantitative estimate of drug-likeness (QED) is 0.577. The average molecular weight is 449 g/mol. The van der Waals surface area contributed by atoms with Crippen LogP contribution < -0.4 is 9.47 Å². The summed E-state index contributed by atoms with van der Waals surface area (Å²) in [6.07, 6.45) is -3.36. The summed E-state index contributed by atoms with van der Waals surface area (Å²) in [6.45, 7) is 1.98. The summed E-state index contributed by atoms with van der Waals surface area (Å²) in [5.74, 6) is 0.285. The predicted molar refractivity (Wildman–Crippen MR) is 109 cm³/mol. The summed E-state index contributed by atoms with van der Waals surface area (Å²) in [7, 11) is 1.51. The molecule has 7 nitrogen and oxygen atoms in total. The standard InChI is InChI=1S/C22H22F3N3O4/c1-13-10-15(22(23,24)25)19-20(27-32-21(19)26-13)14-6-5-9-28(11-14)18(29)12-31-17-8-4-3-7-16(17)30-2/h3-4,7-8,10,14H,5-6,9,11-12H2,1-2H3. The van der Waals surface area contributed by atoms with Crippen LogP contribution in [0.2, 0.25) is 0 Å². The van der Waals surface area contributed by atoms with Crippen LogP contribution in [0.5, 0.6) is 11.5 Å². The second-order valence-electron chi connectivity index (χ2n) is 7.68. The molecule has 1 amide bonds. The predicted octanol–water partition coefficient (Wildman–Crippen LogP) is 4.34. The number of amides is 1. The molecule has 0 N–H and O–H groups in total. The first-order valence-corrected chi connectivity index (χ1v) is 10.2. The van der Waals surface area contributed by atoms with E-state index in [-0.39, 0.29) is 41.5 Å². The van der Waals surface area contributed by atoms with Gasteiger partial charge in [0.2, 0.25) is 0 Å². The number of benzene rings is 1. The minimum absolute atomic E-state index is 0.132. The number of para-hydroxylation sites is 2. The van der Waals surface area contributed by atoms with Crippen molar-refractivity contribution in [3.8, 4) is 11.5 Å². The van der Waals surface area contributed by atoms with Crippen molar-refractivity contribution in [1.82, 2.24) is 15.0 Å². The molecule has 1 fully saturated rings. The molecule has 1 aliphatic rings. The van der Waals surface area contributed by atoms with Gasteiger partial charge >= 0.3 is 6.18 Å². The highest BCUT2D eigenvalue weighted by molar-refractivity contribution is 5.82. The third-order valence-electron chi connectivity index (χ3n) is 5.49. The number of nitrogens with zero attached hydrogens (tertiary/aromatic N) is 3. The van der Waals surface area contributed by atoms with Crippen LogP contribution >= 0.6 is 0 Å². The SMILES string of the molecule is COc1ccccc1OCC(=O)N1CCCC(c2noc3nc(C)cc(C(F)(F)F)c23)C1. The van der Waals surface area contributed by atoms with E-state index in [4.69, 9.17) is 14.0 Å². The zero-order valence-electron chi connectivity index (χ0n) is 17.6. The number of carbonyl (C=O) groups excluding carboxylic acids is 1. The highest BCUT2D eigenvalue weighted by Gasteiger charge is 2.38. The van der Waals surface area contributed by atoms with E-state index < -0.39 is 17.7 Å². The van der Waals surface area contributed by atoms with Crippen LogP contribution in [0.25, 0.3) is 11.1 Å². The van der Waals surface area contributed by atoms with Crippen LogP contribution in [-0.2, 0) is 11.0 Å². The Morgan fingerprint density at radius 2 is 2.03 bits per heavy atom. The van der Waals surface area contributed by atoms with Crippen molar-refractivity contribution in [1.29, 1.82) is 0 Å². The Kier molecular flexibility index (Phi) is 5.94. The topological polar surface area (TPSA) is 77.7 Å². The van der Waals surface area contributed by atoms with E-state index in [1.165, 1.54) is 14.0 Å². The van der Waals surface area contributed by atoms with Crippen molar-refractivity contribution in [2.75, 3.05) is 26.8 Å². The number of fused-ring (bicyclic) bond motifs is 1. The van der Waals surface area contributed by atoms with Crippen LogP contribution in [-0.4, -0.2) is 47.8 Å². The number of pyridine rings is 1. The second-order valence-corrected chi connectivity index (χ2v) is 7.68. The molecule has 0 spiro atoms. The van der Waals surface area contributed by atoms with Gasteiger partial charge in [0.05, 0.1) is 23.8 Å². The normalized spacial score (nSPS) is 16.9. The maximum Gasteiger partial charge on any atom is 0.417 e. The molecule has 1 atom stereocenters. The monoisotopic (exact) mass is 449 g/mol. The maximum absolute atomic E-state index is 13.7. The largest absolute Gasteiger partial charge is 0.493 e. The Balaban J connectivity index is 1.53. The molecule has 170 valence electrons. The van der Waals surface area contributed by atoms with Crippen molar-refractivity contribution in [2.45, 2.75) is 31.9 Å². The lowest BCUT2D eigenvalue weighted by Gasteiger charge is -2.32. The summed E-state index contributed by atoms with van der Waals surface area (Å²) in [4.78, 5) is 18.4. The summed E-state index contributed by atoms with van der Waals surface area (Å²) in [5, 5.41) is 3.79. The Labute approximate surface area is 182 Å². The van der Waals surface area contributed by atoms with Gasteiger partial charge in [0.1, 0.15) is 0 Å². The third-order valence-corrected chi connectivity index (χ3v) is 5.49. The number of hydrogen-bond donors (Lipinski definition) is 0. The van der Waals surface area contributed by atoms with Gasteiger partial charge in [-0.3, -0.25) is 4.79 Å². The zero-order chi connectivity index (χ0) is 22.9. The van der Waals surface area contributed by atoms with Gasteiger partial charge in [-0.15, -0.1) is 0 Å². The van der Waals surface area contributed by atoms with Crippen molar-refractivity contribution < 1.29 is 32.0 Å². The van der Waals surface area contributed by atoms with E-state index >= 15 is 0 Å². The van der Waals surface area contributed by atoms with Gasteiger partial charge in [-0.25, -0.2) is 4.98 Å². The number of methoxy groups -OCH3 is 1. The van der Waals surface area contributed by atoms with Gasteiger partial charge in [-0.2, -0.15) is 13.2 Å². The fourth-order valence-electron chi connectivity index (χ4n) is 3.99. The minimum atomic E-state index is -4.57. The fraction of sp³-hybridized carbons (Fsp3) is 0.409. The molecule has 2 aromatic heterocycles. The third kappa shape index (κ3) is 4.35. The smallest absolute Gasteiger partial charge is 0.417 e. The van der Waals surface area contributed by atoms with Crippen LogP contribution in [0.3, 0.4) is 0 Å². The number of piperidine rings is 1. The Hall–Kier alpha value is -3.30. The molecule has 0 radical (unpaired) electrons. The van der Waals surface area contributed by atoms with Crippen molar-refractivity contribution in [2.24, 2.45) is 0 Å². The number of rotatable bonds is 5. The van der Waals surface area contributed by atoms with Gasteiger partial charge in [-0.05, 0) is 38.0 Å². The summed E-state index contributed by atoms with van der Waals surface area (Å²) < 4.78 is 56.9. The number of likely N-dealkylation sites (tertiary alicyclic amines) is 1. The second kappa shape index (κ2) is 8.68. The summed E-state index contributed by atoms with van der Waals surface area (Å²) in [6, 6.07) is 7.97. The molecule has 3 aromatic rings. The Morgan fingerprint density at radius 1 is 1.28 bits per heavy atom. The van der Waals surface area contributed by atoms with Gasteiger partial charge in [-0.1, -0.05) is 17.3 Å². The first kappa shape index (κ1) is 21.9. The molecular formula is C22H22F3N3O4. The number of ether oxygens (including phenoxy) is 2. The molecule has 1 saturated heterocycles. The molecule has 1 unspecified atom stereocenters. The molecule has 32 heavy (non-hydrogen) atoms. The first-order chi connectivity index (χ1) is 15.3. The van der Waals surface area contributed by atoms with E-state index in [0.29, 0.717) is 30.9 Å². The lowest BCUT2D eigenvalue weighted by molar-refractivity contribution is -0.136. The van der Waals surface area contributed by atoms with Crippen molar-refractivity contribution in [3.05, 3.63) is 47.3 Å². The molecule has 1 aromatic carbocycles. The number of aromatic nitrogens is 2. The van der Waals surface area contributed by atoms with Crippen molar-refractivity contribution in [3.63, 3.8) is 0 Å². The summed E-state index contributed by atoms with van der Waals surface area (Å²) >= 11 is 0. The lowest BCUT2D eigenvalue weighted by atomic mass is 9.91. The molecule has 0 saturated carbocycles. The van der Waals surface area contributed by atoms with E-state index in [1.807, 2.05) is 0 Å². The van der Waals surface area contributed by atoms with Crippen molar-refractivity contribution >= 4 is 17.0 Å². The molecule has 4 rings (SSSR count). The highest BCUT2D eigenvalue weighted by atomic mass is 19.4. The van der Waals surface area contributed by atoms with Gasteiger partial charge in [0, 0.05) is 24.7 Å². The number of carbonyl (C=O) groups is 1. The summed E-state index contributed by atoms with van der Waals surface area (Å²) in [5.41, 5.74) is -0.584. The van der Waals surface area contributed by atoms with E-state index in [1.54, 1.807) is 29.2 Å². The molecule has 10 heteroatoms.